The van der Waals surface area contributed by atoms with Gasteiger partial charge in [0.15, 0.2) is 5.76 Å². The van der Waals surface area contributed by atoms with Gasteiger partial charge in [-0.15, -0.1) is 0 Å². The van der Waals surface area contributed by atoms with Crippen LogP contribution in [0, 0.1) is 5.41 Å². The normalized spacial score (nSPS) is 16.7. The lowest BCUT2D eigenvalue weighted by Gasteiger charge is -2.39. The maximum Gasteiger partial charge on any atom is 0.204 e. The van der Waals surface area contributed by atoms with Crippen LogP contribution in [0.1, 0.15) is 5.89 Å². The number of halogens is 1. The van der Waals surface area contributed by atoms with Gasteiger partial charge in [-0.1, -0.05) is 23.7 Å². The van der Waals surface area contributed by atoms with Gasteiger partial charge < -0.3 is 14.3 Å². The van der Waals surface area contributed by atoms with Crippen LogP contribution in [0.25, 0.3) is 11.3 Å². The van der Waals surface area contributed by atoms with Gasteiger partial charge in [-0.25, -0.2) is 4.98 Å². The molecule has 1 aliphatic rings. The average molecular weight is 326 g/mol. The second-order valence-electron chi connectivity index (χ2n) is 5.24. The summed E-state index contributed by atoms with van der Waals surface area (Å²) in [6.07, 6.45) is 1.70. The fourth-order valence-electron chi connectivity index (χ4n) is 2.13. The van der Waals surface area contributed by atoms with Crippen LogP contribution >= 0.6 is 23.4 Å². The Morgan fingerprint density at radius 1 is 1.33 bits per heavy atom. The Balaban J connectivity index is 1.59. The second-order valence-corrected chi connectivity index (χ2v) is 6.63. The fourth-order valence-corrected chi connectivity index (χ4v) is 3.46. The van der Waals surface area contributed by atoms with E-state index in [9.17, 15) is 5.11 Å². The Morgan fingerprint density at radius 3 is 2.81 bits per heavy atom. The zero-order chi connectivity index (χ0) is 14.7. The number of benzene rings is 1. The van der Waals surface area contributed by atoms with E-state index in [0.717, 1.165) is 11.3 Å². The minimum absolute atomic E-state index is 0.0805. The number of aliphatic hydroxyl groups is 1. The van der Waals surface area contributed by atoms with Crippen molar-refractivity contribution in [2.45, 2.75) is 5.75 Å². The SMILES string of the molecule is OCC1(CSCc2ncc(-c3ccccc3Cl)o2)COC1. The molecule has 1 aromatic carbocycles. The van der Waals surface area contributed by atoms with E-state index in [-0.39, 0.29) is 12.0 Å². The molecule has 112 valence electrons. The van der Waals surface area contributed by atoms with Gasteiger partial charge in [0.25, 0.3) is 0 Å². The van der Waals surface area contributed by atoms with Crippen LogP contribution in [-0.2, 0) is 10.5 Å². The maximum absolute atomic E-state index is 9.37. The van der Waals surface area contributed by atoms with Crippen LogP contribution < -0.4 is 0 Å². The van der Waals surface area contributed by atoms with Crippen LogP contribution in [-0.4, -0.2) is 35.7 Å². The molecular weight excluding hydrogens is 310 g/mol. The molecule has 0 atom stereocenters. The van der Waals surface area contributed by atoms with Crippen LogP contribution in [0.2, 0.25) is 5.02 Å². The smallest absolute Gasteiger partial charge is 0.204 e. The van der Waals surface area contributed by atoms with Crippen molar-refractivity contribution in [1.82, 2.24) is 4.98 Å². The number of aromatic nitrogens is 1. The molecule has 1 N–H and O–H groups in total. The molecule has 0 aliphatic carbocycles. The first-order chi connectivity index (χ1) is 10.2. The van der Waals surface area contributed by atoms with Crippen molar-refractivity contribution in [3.8, 4) is 11.3 Å². The minimum atomic E-state index is -0.0805. The highest BCUT2D eigenvalue weighted by Crippen LogP contribution is 2.33. The number of nitrogens with zero attached hydrogens (tertiary/aromatic N) is 1. The minimum Gasteiger partial charge on any atom is -0.440 e. The third-order valence-electron chi connectivity index (χ3n) is 3.48. The summed E-state index contributed by atoms with van der Waals surface area (Å²) in [5.74, 6) is 2.86. The molecule has 1 aliphatic heterocycles. The van der Waals surface area contributed by atoms with Gasteiger partial charge >= 0.3 is 0 Å². The van der Waals surface area contributed by atoms with E-state index >= 15 is 0 Å². The Hall–Kier alpha value is -1.01. The molecule has 1 saturated heterocycles. The van der Waals surface area contributed by atoms with Crippen LogP contribution in [0.5, 0.6) is 0 Å². The lowest BCUT2D eigenvalue weighted by atomic mass is 9.90. The van der Waals surface area contributed by atoms with E-state index in [1.807, 2.05) is 24.3 Å². The summed E-state index contributed by atoms with van der Waals surface area (Å²) < 4.78 is 10.9. The van der Waals surface area contributed by atoms with Gasteiger partial charge in [-0.2, -0.15) is 11.8 Å². The van der Waals surface area contributed by atoms with Crippen molar-refractivity contribution in [1.29, 1.82) is 0 Å². The Bertz CT molecular complexity index is 607. The van der Waals surface area contributed by atoms with E-state index in [0.29, 0.717) is 35.6 Å². The number of oxazole rings is 1. The molecule has 6 heteroatoms. The molecule has 0 bridgehead atoms. The van der Waals surface area contributed by atoms with Gasteiger partial charge in [0.1, 0.15) is 0 Å². The molecule has 2 aromatic rings. The van der Waals surface area contributed by atoms with Crippen molar-refractivity contribution in [3.63, 3.8) is 0 Å². The summed E-state index contributed by atoms with van der Waals surface area (Å²) in [5, 5.41) is 10.0. The monoisotopic (exact) mass is 325 g/mol. The predicted octanol–water partition coefficient (Wildman–Crippen LogP) is 3.24. The molecule has 4 nitrogen and oxygen atoms in total. The molecular formula is C15H16ClNO3S. The quantitative estimate of drug-likeness (QED) is 0.883. The van der Waals surface area contributed by atoms with Crippen molar-refractivity contribution < 1.29 is 14.3 Å². The summed E-state index contributed by atoms with van der Waals surface area (Å²) in [4.78, 5) is 4.28. The Labute approximate surface area is 132 Å². The number of aliphatic hydroxyl groups excluding tert-OH is 1. The molecule has 21 heavy (non-hydrogen) atoms. The lowest BCUT2D eigenvalue weighted by Crippen LogP contribution is -2.47. The first kappa shape index (κ1) is 14.9. The van der Waals surface area contributed by atoms with Gasteiger partial charge in [0.2, 0.25) is 5.89 Å². The maximum atomic E-state index is 9.37. The highest BCUT2D eigenvalue weighted by Gasteiger charge is 2.37. The van der Waals surface area contributed by atoms with Gasteiger partial charge in [-0.05, 0) is 12.1 Å². The fraction of sp³-hybridized carbons (Fsp3) is 0.400. The van der Waals surface area contributed by atoms with Crippen LogP contribution in [0.4, 0.5) is 0 Å². The largest absolute Gasteiger partial charge is 0.440 e. The summed E-state index contributed by atoms with van der Waals surface area (Å²) in [5.41, 5.74) is 0.769. The summed E-state index contributed by atoms with van der Waals surface area (Å²) >= 11 is 7.84. The molecule has 0 saturated carbocycles. The molecule has 0 amide bonds. The first-order valence-electron chi connectivity index (χ1n) is 6.68. The average Bonchev–Trinajstić information content (AvgIpc) is 2.91. The standard InChI is InChI=1S/C15H16ClNO3S/c16-12-4-2-1-3-11(12)13-5-17-14(20-13)6-21-10-15(7-18)8-19-9-15/h1-5,18H,6-10H2. The molecule has 3 rings (SSSR count). The highest BCUT2D eigenvalue weighted by molar-refractivity contribution is 7.98. The van der Waals surface area contributed by atoms with Gasteiger partial charge in [0.05, 0.1) is 36.8 Å². The summed E-state index contributed by atoms with van der Waals surface area (Å²) in [7, 11) is 0. The van der Waals surface area contributed by atoms with Gasteiger partial charge in [0, 0.05) is 16.7 Å². The second kappa shape index (κ2) is 6.40. The molecule has 2 heterocycles. The van der Waals surface area contributed by atoms with Crippen LogP contribution in [0.15, 0.2) is 34.9 Å². The van der Waals surface area contributed by atoms with E-state index < -0.39 is 0 Å². The van der Waals surface area contributed by atoms with Crippen molar-refractivity contribution in [2.75, 3.05) is 25.6 Å². The number of ether oxygens (including phenoxy) is 1. The molecule has 0 spiro atoms. The summed E-state index contributed by atoms with van der Waals surface area (Å²) in [6, 6.07) is 7.54. The zero-order valence-electron chi connectivity index (χ0n) is 11.4. The van der Waals surface area contributed by atoms with E-state index in [1.54, 1.807) is 18.0 Å². The number of hydrogen-bond donors (Lipinski definition) is 1. The van der Waals surface area contributed by atoms with Crippen molar-refractivity contribution >= 4 is 23.4 Å². The first-order valence-corrected chi connectivity index (χ1v) is 8.22. The van der Waals surface area contributed by atoms with E-state index in [2.05, 4.69) is 4.98 Å². The topological polar surface area (TPSA) is 55.5 Å². The third kappa shape index (κ3) is 3.26. The van der Waals surface area contributed by atoms with Crippen molar-refractivity contribution in [2.24, 2.45) is 5.41 Å². The van der Waals surface area contributed by atoms with E-state index in [4.69, 9.17) is 20.8 Å². The number of thioether (sulfide) groups is 1. The summed E-state index contributed by atoms with van der Waals surface area (Å²) in [6.45, 7) is 1.43. The molecule has 1 aromatic heterocycles. The van der Waals surface area contributed by atoms with E-state index in [1.165, 1.54) is 0 Å². The zero-order valence-corrected chi connectivity index (χ0v) is 13.0. The Kier molecular flexibility index (Phi) is 4.54. The highest BCUT2D eigenvalue weighted by atomic mass is 35.5. The predicted molar refractivity (Wildman–Crippen MR) is 83.4 cm³/mol. The Morgan fingerprint density at radius 2 is 2.14 bits per heavy atom. The number of hydrogen-bond acceptors (Lipinski definition) is 5. The molecule has 0 radical (unpaired) electrons. The van der Waals surface area contributed by atoms with Crippen molar-refractivity contribution in [3.05, 3.63) is 41.4 Å². The molecule has 0 unspecified atom stereocenters. The third-order valence-corrected chi connectivity index (χ3v) is 5.08. The lowest BCUT2D eigenvalue weighted by molar-refractivity contribution is -0.121. The molecule has 1 fully saturated rings. The van der Waals surface area contributed by atoms with Gasteiger partial charge in [-0.3, -0.25) is 0 Å². The van der Waals surface area contributed by atoms with Crippen LogP contribution in [0.3, 0.4) is 0 Å². The number of rotatable bonds is 6.